The summed E-state index contributed by atoms with van der Waals surface area (Å²) in [6.45, 7) is 0. The molecule has 108 valence electrons. The number of fused-ring (bicyclic) bond motifs is 1. The second kappa shape index (κ2) is 6.06. The molecule has 3 rings (SSSR count). The standard InChI is InChI=1S/C16H17N3O2/c17-8-7-14(20)10-15-18-16(19-21-15)13-6-5-11-3-1-2-4-12(11)9-13/h1-4,13-14,20H,5-7,9-10H2. The zero-order valence-electron chi connectivity index (χ0n) is 11.7. The summed E-state index contributed by atoms with van der Waals surface area (Å²) in [7, 11) is 0. The number of aromatic nitrogens is 2. The van der Waals surface area contributed by atoms with Gasteiger partial charge in [0.2, 0.25) is 5.89 Å². The molecule has 1 aromatic carbocycles. The summed E-state index contributed by atoms with van der Waals surface area (Å²) in [5.41, 5.74) is 2.76. The third kappa shape index (κ3) is 3.11. The van der Waals surface area contributed by atoms with E-state index >= 15 is 0 Å². The van der Waals surface area contributed by atoms with Crippen LogP contribution in [0.2, 0.25) is 0 Å². The molecule has 2 unspecified atom stereocenters. The normalized spacial score (nSPS) is 18.8. The molecule has 5 heteroatoms. The largest absolute Gasteiger partial charge is 0.392 e. The van der Waals surface area contributed by atoms with Crippen molar-refractivity contribution in [2.75, 3.05) is 0 Å². The highest BCUT2D eigenvalue weighted by atomic mass is 16.5. The lowest BCUT2D eigenvalue weighted by atomic mass is 9.83. The molecule has 0 fully saturated rings. The predicted molar refractivity (Wildman–Crippen MR) is 75.4 cm³/mol. The van der Waals surface area contributed by atoms with Gasteiger partial charge in [0.25, 0.3) is 0 Å². The molecular weight excluding hydrogens is 266 g/mol. The van der Waals surface area contributed by atoms with Gasteiger partial charge in [0, 0.05) is 5.92 Å². The van der Waals surface area contributed by atoms with Crippen LogP contribution in [0.25, 0.3) is 0 Å². The molecule has 0 radical (unpaired) electrons. The van der Waals surface area contributed by atoms with Gasteiger partial charge in [0.15, 0.2) is 5.82 Å². The van der Waals surface area contributed by atoms with Gasteiger partial charge in [0.1, 0.15) is 0 Å². The number of hydrogen-bond donors (Lipinski definition) is 1. The van der Waals surface area contributed by atoms with Crippen LogP contribution in [-0.4, -0.2) is 21.4 Å². The smallest absolute Gasteiger partial charge is 0.229 e. The molecule has 1 aliphatic carbocycles. The Morgan fingerprint density at radius 3 is 3.00 bits per heavy atom. The summed E-state index contributed by atoms with van der Waals surface area (Å²) in [6, 6.07) is 10.4. The number of aliphatic hydroxyl groups is 1. The van der Waals surface area contributed by atoms with Crippen LogP contribution in [0.1, 0.15) is 41.6 Å². The maximum Gasteiger partial charge on any atom is 0.229 e. The van der Waals surface area contributed by atoms with Gasteiger partial charge in [-0.25, -0.2) is 0 Å². The Labute approximate surface area is 123 Å². The van der Waals surface area contributed by atoms with Crippen molar-refractivity contribution in [2.24, 2.45) is 0 Å². The molecule has 0 amide bonds. The highest BCUT2D eigenvalue weighted by Crippen LogP contribution is 2.31. The van der Waals surface area contributed by atoms with E-state index in [0.717, 1.165) is 19.3 Å². The number of nitriles is 1. The third-order valence-corrected chi connectivity index (χ3v) is 3.93. The van der Waals surface area contributed by atoms with Crippen molar-refractivity contribution in [1.29, 1.82) is 5.26 Å². The van der Waals surface area contributed by atoms with Gasteiger partial charge in [-0.15, -0.1) is 0 Å². The summed E-state index contributed by atoms with van der Waals surface area (Å²) in [5, 5.41) is 22.2. The van der Waals surface area contributed by atoms with Gasteiger partial charge in [-0.05, 0) is 30.4 Å². The van der Waals surface area contributed by atoms with E-state index in [1.54, 1.807) is 0 Å². The zero-order chi connectivity index (χ0) is 14.7. The lowest BCUT2D eigenvalue weighted by Gasteiger charge is -2.21. The van der Waals surface area contributed by atoms with Crippen molar-refractivity contribution in [3.63, 3.8) is 0 Å². The molecule has 2 atom stereocenters. The van der Waals surface area contributed by atoms with Crippen LogP contribution in [0.3, 0.4) is 0 Å². The number of nitrogens with zero attached hydrogens (tertiary/aromatic N) is 3. The van der Waals surface area contributed by atoms with Crippen molar-refractivity contribution in [3.8, 4) is 6.07 Å². The summed E-state index contributed by atoms with van der Waals surface area (Å²) in [4.78, 5) is 4.38. The van der Waals surface area contributed by atoms with Crippen LogP contribution in [-0.2, 0) is 19.3 Å². The highest BCUT2D eigenvalue weighted by Gasteiger charge is 2.24. The molecule has 0 bridgehead atoms. The van der Waals surface area contributed by atoms with Crippen molar-refractivity contribution in [2.45, 2.75) is 44.1 Å². The first-order chi connectivity index (χ1) is 10.3. The molecule has 1 aliphatic rings. The van der Waals surface area contributed by atoms with Gasteiger partial charge in [-0.3, -0.25) is 0 Å². The number of hydrogen-bond acceptors (Lipinski definition) is 5. The Bertz CT molecular complexity index is 660. The Morgan fingerprint density at radius 1 is 1.38 bits per heavy atom. The Balaban J connectivity index is 1.69. The van der Waals surface area contributed by atoms with E-state index in [2.05, 4.69) is 34.4 Å². The maximum absolute atomic E-state index is 9.60. The lowest BCUT2D eigenvalue weighted by molar-refractivity contribution is 0.167. The second-order valence-corrected chi connectivity index (χ2v) is 5.47. The van der Waals surface area contributed by atoms with Crippen LogP contribution in [0.4, 0.5) is 0 Å². The predicted octanol–water partition coefficient (Wildman–Crippen LogP) is 2.16. The van der Waals surface area contributed by atoms with E-state index in [0.29, 0.717) is 11.7 Å². The minimum absolute atomic E-state index is 0.0779. The van der Waals surface area contributed by atoms with E-state index in [1.807, 2.05) is 6.07 Å². The fourth-order valence-electron chi connectivity index (χ4n) is 2.81. The summed E-state index contributed by atoms with van der Waals surface area (Å²) in [5.74, 6) is 1.39. The molecule has 1 N–H and O–H groups in total. The van der Waals surface area contributed by atoms with Crippen molar-refractivity contribution in [1.82, 2.24) is 10.1 Å². The van der Waals surface area contributed by atoms with Gasteiger partial charge >= 0.3 is 0 Å². The van der Waals surface area contributed by atoms with Crippen LogP contribution in [0, 0.1) is 11.3 Å². The molecule has 1 heterocycles. The number of aliphatic hydroxyl groups excluding tert-OH is 1. The van der Waals surface area contributed by atoms with E-state index in [1.165, 1.54) is 11.1 Å². The molecule has 0 spiro atoms. The van der Waals surface area contributed by atoms with Gasteiger partial charge in [-0.1, -0.05) is 29.4 Å². The van der Waals surface area contributed by atoms with Crippen LogP contribution >= 0.6 is 0 Å². The Hall–Kier alpha value is -2.19. The number of benzene rings is 1. The molecular formula is C16H17N3O2. The molecule has 2 aromatic rings. The lowest BCUT2D eigenvalue weighted by Crippen LogP contribution is -2.14. The molecule has 21 heavy (non-hydrogen) atoms. The molecule has 5 nitrogen and oxygen atoms in total. The van der Waals surface area contributed by atoms with Crippen molar-refractivity contribution >= 4 is 0 Å². The minimum atomic E-state index is -0.740. The van der Waals surface area contributed by atoms with Crippen molar-refractivity contribution in [3.05, 3.63) is 47.1 Å². The van der Waals surface area contributed by atoms with Crippen LogP contribution in [0.15, 0.2) is 28.8 Å². The van der Waals surface area contributed by atoms with E-state index in [4.69, 9.17) is 9.78 Å². The topological polar surface area (TPSA) is 82.9 Å². The first-order valence-corrected chi connectivity index (χ1v) is 7.20. The first-order valence-electron chi connectivity index (χ1n) is 7.20. The SMILES string of the molecule is N#CCC(O)Cc1nc(C2CCc3ccccc3C2)no1. The summed E-state index contributed by atoms with van der Waals surface area (Å²) < 4.78 is 5.19. The monoisotopic (exact) mass is 283 g/mol. The first kappa shape index (κ1) is 13.8. The Kier molecular flexibility index (Phi) is 3.98. The average molecular weight is 283 g/mol. The van der Waals surface area contributed by atoms with E-state index in [-0.39, 0.29) is 18.8 Å². The zero-order valence-corrected chi connectivity index (χ0v) is 11.7. The minimum Gasteiger partial charge on any atom is -0.392 e. The molecule has 0 saturated heterocycles. The Morgan fingerprint density at radius 2 is 2.19 bits per heavy atom. The highest BCUT2D eigenvalue weighted by molar-refractivity contribution is 5.31. The maximum atomic E-state index is 9.60. The molecule has 1 aromatic heterocycles. The quantitative estimate of drug-likeness (QED) is 0.929. The van der Waals surface area contributed by atoms with Gasteiger partial charge in [-0.2, -0.15) is 10.2 Å². The van der Waals surface area contributed by atoms with Crippen LogP contribution in [0.5, 0.6) is 0 Å². The van der Waals surface area contributed by atoms with Gasteiger partial charge < -0.3 is 9.63 Å². The van der Waals surface area contributed by atoms with E-state index < -0.39 is 6.10 Å². The van der Waals surface area contributed by atoms with Crippen molar-refractivity contribution < 1.29 is 9.63 Å². The van der Waals surface area contributed by atoms with E-state index in [9.17, 15) is 5.11 Å². The fraction of sp³-hybridized carbons (Fsp3) is 0.438. The summed E-state index contributed by atoms with van der Waals surface area (Å²) in [6.07, 6.45) is 2.54. The summed E-state index contributed by atoms with van der Waals surface area (Å²) >= 11 is 0. The van der Waals surface area contributed by atoms with Crippen LogP contribution < -0.4 is 0 Å². The second-order valence-electron chi connectivity index (χ2n) is 5.47. The molecule has 0 aliphatic heterocycles. The number of aryl methyl sites for hydroxylation is 1. The third-order valence-electron chi connectivity index (χ3n) is 3.93. The average Bonchev–Trinajstić information content (AvgIpc) is 2.95. The molecule has 0 saturated carbocycles. The number of rotatable bonds is 4. The van der Waals surface area contributed by atoms with Gasteiger partial charge in [0.05, 0.1) is 25.0 Å². The fourth-order valence-corrected chi connectivity index (χ4v) is 2.81.